The molecule has 2 amide bonds. The summed E-state index contributed by atoms with van der Waals surface area (Å²) in [5.74, 6) is 1.11. The van der Waals surface area contributed by atoms with E-state index in [1.54, 1.807) is 0 Å². The van der Waals surface area contributed by atoms with Crippen LogP contribution in [0.1, 0.15) is 162 Å². The number of nitrogens with zero attached hydrogens (tertiary/aromatic N) is 1. The lowest BCUT2D eigenvalue weighted by atomic mass is 9.73. The van der Waals surface area contributed by atoms with Crippen LogP contribution in [0.25, 0.3) is 0 Å². The van der Waals surface area contributed by atoms with Crippen molar-refractivity contribution in [2.24, 2.45) is 11.8 Å². The number of amides is 2. The quantitative estimate of drug-likeness (QED) is 0.0301. The zero-order valence-corrected chi connectivity index (χ0v) is 33.2. The molecule has 0 spiro atoms. The molecule has 0 radical (unpaired) electrons. The summed E-state index contributed by atoms with van der Waals surface area (Å²) >= 11 is 0. The number of carbonyl (C=O) groups is 3. The van der Waals surface area contributed by atoms with Gasteiger partial charge in [-0.15, -0.1) is 0 Å². The number of carbonyl (C=O) groups excluding carboxylic acids is 3. The Bertz CT molecular complexity index is 866. The molecular formula is C42H77N3O6. The largest absolute Gasteiger partial charge is 0.462 e. The Labute approximate surface area is 312 Å². The molecule has 1 aliphatic rings. The Morgan fingerprint density at radius 1 is 0.627 bits per heavy atom. The number of alkyl carbamates (subject to hydrolysis) is 2. The summed E-state index contributed by atoms with van der Waals surface area (Å²) in [6, 6.07) is 0. The maximum Gasteiger partial charge on any atom is 0.407 e. The second-order valence-electron chi connectivity index (χ2n) is 14.9. The van der Waals surface area contributed by atoms with Crippen LogP contribution in [0.2, 0.25) is 0 Å². The number of unbranched alkanes of at least 4 members (excludes halogenated alkanes) is 14. The van der Waals surface area contributed by atoms with Crippen LogP contribution in [0.3, 0.4) is 0 Å². The van der Waals surface area contributed by atoms with Gasteiger partial charge in [-0.1, -0.05) is 102 Å². The van der Waals surface area contributed by atoms with Crippen LogP contribution in [-0.2, 0) is 19.0 Å². The summed E-state index contributed by atoms with van der Waals surface area (Å²) in [6.07, 6.45) is 31.7. The minimum absolute atomic E-state index is 0.0450. The Kier molecular flexibility index (Phi) is 30.3. The molecule has 1 aliphatic carbocycles. The zero-order valence-electron chi connectivity index (χ0n) is 33.2. The predicted molar refractivity (Wildman–Crippen MR) is 210 cm³/mol. The third kappa shape index (κ3) is 29.7. The van der Waals surface area contributed by atoms with Crippen molar-refractivity contribution in [2.75, 3.05) is 46.9 Å². The lowest BCUT2D eigenvalue weighted by Gasteiger charge is -2.36. The molecule has 1 rings (SSSR count). The van der Waals surface area contributed by atoms with Crippen LogP contribution in [0.5, 0.6) is 0 Å². The molecule has 0 aromatic heterocycles. The van der Waals surface area contributed by atoms with Gasteiger partial charge in [0.15, 0.2) is 0 Å². The van der Waals surface area contributed by atoms with Gasteiger partial charge in [0.05, 0.1) is 0 Å². The van der Waals surface area contributed by atoms with Crippen LogP contribution in [0, 0.1) is 11.8 Å². The van der Waals surface area contributed by atoms with Crippen LogP contribution in [0.15, 0.2) is 24.3 Å². The summed E-state index contributed by atoms with van der Waals surface area (Å²) < 4.78 is 16.5. The SMILES string of the molecule is CCCCCC/C=C\COC(=O)NCCCCCCC(CCCCCCNC(=O)OC/C=C\CCCCCC)OC(=O)CC1CC(CN(C)C)C1. The molecule has 1 fully saturated rings. The van der Waals surface area contributed by atoms with E-state index in [1.807, 2.05) is 12.2 Å². The van der Waals surface area contributed by atoms with E-state index in [4.69, 9.17) is 14.2 Å². The van der Waals surface area contributed by atoms with E-state index in [2.05, 4.69) is 55.6 Å². The molecule has 51 heavy (non-hydrogen) atoms. The number of hydrogen-bond donors (Lipinski definition) is 2. The van der Waals surface area contributed by atoms with Gasteiger partial charge >= 0.3 is 18.2 Å². The van der Waals surface area contributed by atoms with Crippen molar-refractivity contribution >= 4 is 18.2 Å². The van der Waals surface area contributed by atoms with Gasteiger partial charge in [-0.3, -0.25) is 4.79 Å². The highest BCUT2D eigenvalue weighted by atomic mass is 16.6. The average molecular weight is 720 g/mol. The average Bonchev–Trinajstić information content (AvgIpc) is 3.08. The van der Waals surface area contributed by atoms with Crippen molar-refractivity contribution in [3.8, 4) is 0 Å². The van der Waals surface area contributed by atoms with Gasteiger partial charge in [-0.25, -0.2) is 9.59 Å². The molecule has 0 aliphatic heterocycles. The van der Waals surface area contributed by atoms with Crippen molar-refractivity contribution in [3.63, 3.8) is 0 Å². The molecular weight excluding hydrogens is 642 g/mol. The van der Waals surface area contributed by atoms with E-state index >= 15 is 0 Å². The van der Waals surface area contributed by atoms with E-state index in [-0.39, 0.29) is 24.3 Å². The molecule has 0 atom stereocenters. The molecule has 0 unspecified atom stereocenters. The van der Waals surface area contributed by atoms with E-state index in [0.717, 1.165) is 96.4 Å². The van der Waals surface area contributed by atoms with Crippen LogP contribution < -0.4 is 10.6 Å². The topological polar surface area (TPSA) is 106 Å². The molecule has 2 N–H and O–H groups in total. The zero-order chi connectivity index (χ0) is 37.2. The number of nitrogens with one attached hydrogen (secondary N) is 2. The monoisotopic (exact) mass is 720 g/mol. The minimum Gasteiger partial charge on any atom is -0.462 e. The summed E-state index contributed by atoms with van der Waals surface area (Å²) in [5.41, 5.74) is 0. The number of ether oxygens (including phenoxy) is 3. The molecule has 0 heterocycles. The molecule has 9 heteroatoms. The van der Waals surface area contributed by atoms with Gasteiger partial charge in [-0.2, -0.15) is 0 Å². The molecule has 0 bridgehead atoms. The third-order valence-electron chi connectivity index (χ3n) is 9.56. The van der Waals surface area contributed by atoms with E-state index in [1.165, 1.54) is 51.4 Å². The second-order valence-corrected chi connectivity index (χ2v) is 14.9. The normalized spacial score (nSPS) is 15.8. The Hall–Kier alpha value is -2.55. The molecule has 1 saturated carbocycles. The Morgan fingerprint density at radius 2 is 1.10 bits per heavy atom. The van der Waals surface area contributed by atoms with Gasteiger partial charge < -0.3 is 29.7 Å². The lowest BCUT2D eigenvalue weighted by Crippen LogP contribution is -2.34. The highest BCUT2D eigenvalue weighted by Crippen LogP contribution is 2.36. The summed E-state index contributed by atoms with van der Waals surface area (Å²) in [5, 5.41) is 5.69. The fourth-order valence-corrected chi connectivity index (χ4v) is 6.62. The van der Waals surface area contributed by atoms with Crippen molar-refractivity contribution in [1.82, 2.24) is 15.5 Å². The summed E-state index contributed by atoms with van der Waals surface area (Å²) in [7, 11) is 4.21. The fourth-order valence-electron chi connectivity index (χ4n) is 6.62. The van der Waals surface area contributed by atoms with Gasteiger partial charge in [-0.05, 0) is 103 Å². The number of rotatable bonds is 33. The van der Waals surface area contributed by atoms with E-state index in [9.17, 15) is 14.4 Å². The number of allylic oxidation sites excluding steroid dienone is 2. The molecule has 9 nitrogen and oxygen atoms in total. The summed E-state index contributed by atoms with van der Waals surface area (Å²) in [4.78, 5) is 38.9. The number of hydrogen-bond acceptors (Lipinski definition) is 7. The van der Waals surface area contributed by atoms with Crippen LogP contribution in [0.4, 0.5) is 9.59 Å². The van der Waals surface area contributed by atoms with Gasteiger partial charge in [0.1, 0.15) is 19.3 Å². The second kappa shape index (κ2) is 33.3. The first-order valence-electron chi connectivity index (χ1n) is 20.8. The Balaban J connectivity index is 2.23. The van der Waals surface area contributed by atoms with Crippen molar-refractivity contribution in [2.45, 2.75) is 168 Å². The molecule has 0 aromatic carbocycles. The number of esters is 1. The van der Waals surface area contributed by atoms with Gasteiger partial charge in [0.2, 0.25) is 0 Å². The van der Waals surface area contributed by atoms with Crippen LogP contribution in [-0.4, -0.2) is 76.1 Å². The maximum atomic E-state index is 12.8. The highest BCUT2D eigenvalue weighted by molar-refractivity contribution is 5.70. The first kappa shape index (κ1) is 46.5. The smallest absolute Gasteiger partial charge is 0.407 e. The fraction of sp³-hybridized carbons (Fsp3) is 0.833. The molecule has 296 valence electrons. The van der Waals surface area contributed by atoms with E-state index in [0.29, 0.717) is 44.6 Å². The minimum atomic E-state index is -0.357. The van der Waals surface area contributed by atoms with Gasteiger partial charge in [0, 0.05) is 26.1 Å². The van der Waals surface area contributed by atoms with Crippen molar-refractivity contribution in [3.05, 3.63) is 24.3 Å². The van der Waals surface area contributed by atoms with Crippen molar-refractivity contribution < 1.29 is 28.6 Å². The lowest BCUT2D eigenvalue weighted by molar-refractivity contribution is -0.152. The Morgan fingerprint density at radius 3 is 1.57 bits per heavy atom. The van der Waals surface area contributed by atoms with E-state index < -0.39 is 0 Å². The standard InChI is InChI=1S/C42H77N3O6/c1-5-7-9-11-13-19-25-31-49-41(47)43-29-23-17-15-21-27-39(51-40(46)35-37-33-38(34-37)36-45(3)4)28-22-16-18-24-30-44-42(48)50-32-26-20-14-12-10-8-6-2/h19-20,25-26,37-39H,5-18,21-24,27-36H2,1-4H3,(H,43,47)(H,44,48)/b25-19-,26-20-. The highest BCUT2D eigenvalue weighted by Gasteiger charge is 2.31. The third-order valence-corrected chi connectivity index (χ3v) is 9.56. The van der Waals surface area contributed by atoms with Crippen LogP contribution >= 0.6 is 0 Å². The maximum absolute atomic E-state index is 12.8. The summed E-state index contributed by atoms with van der Waals surface area (Å²) in [6.45, 7) is 7.37. The molecule has 0 saturated heterocycles. The first-order valence-corrected chi connectivity index (χ1v) is 20.8. The van der Waals surface area contributed by atoms with Gasteiger partial charge in [0.25, 0.3) is 0 Å². The van der Waals surface area contributed by atoms with Crippen molar-refractivity contribution in [1.29, 1.82) is 0 Å². The molecule has 0 aromatic rings. The first-order chi connectivity index (χ1) is 24.8. The predicted octanol–water partition coefficient (Wildman–Crippen LogP) is 10.3.